The van der Waals surface area contributed by atoms with Gasteiger partial charge in [0.15, 0.2) is 0 Å². The molecule has 0 bridgehead atoms. The van der Waals surface area contributed by atoms with E-state index in [0.717, 1.165) is 0 Å². The molecule has 0 N–H and O–H groups in total. The van der Waals surface area contributed by atoms with Crippen molar-refractivity contribution in [3.63, 3.8) is 0 Å². The second-order valence-electron chi connectivity index (χ2n) is 1.32. The number of aromatic nitrogens is 1. The van der Waals surface area contributed by atoms with Crippen LogP contribution in [0.5, 0.6) is 0 Å². The molecule has 1 nitrogen and oxygen atoms in total. The highest BCUT2D eigenvalue weighted by Gasteiger charge is 2.00. The van der Waals surface area contributed by atoms with Crippen LogP contribution in [0.1, 0.15) is 0 Å². The Balaban J connectivity index is 3.25. The fourth-order valence-corrected chi connectivity index (χ4v) is 0.790. The Hall–Kier alpha value is 0.0200. The van der Waals surface area contributed by atoms with Crippen molar-refractivity contribution in [2.45, 2.75) is 0 Å². The van der Waals surface area contributed by atoms with Crippen LogP contribution in [0.4, 0.5) is 0 Å². The molecule has 9 heavy (non-hydrogen) atoms. The third kappa shape index (κ3) is 1.48. The molecular weight excluding hydrogens is 180 g/mol. The van der Waals surface area contributed by atoms with Crippen LogP contribution >= 0.6 is 34.8 Å². The predicted molar refractivity (Wildman–Crippen MR) is 38.1 cm³/mol. The molecule has 0 aliphatic carbocycles. The highest BCUT2D eigenvalue weighted by molar-refractivity contribution is 6.47. The van der Waals surface area contributed by atoms with Crippen molar-refractivity contribution in [3.8, 4) is 0 Å². The first kappa shape index (κ1) is 7.13. The molecule has 0 aliphatic rings. The fourth-order valence-electron chi connectivity index (χ4n) is 0.356. The average Bonchev–Trinajstić information content (AvgIpc) is 1.83. The highest BCUT2D eigenvalue weighted by Crippen LogP contribution is 2.26. The third-order valence-electron chi connectivity index (χ3n) is 0.743. The highest BCUT2D eigenvalue weighted by atomic mass is 35.5. The molecule has 47 valence electrons. The van der Waals surface area contributed by atoms with Crippen LogP contribution in [-0.4, -0.2) is 4.98 Å². The summed E-state index contributed by atoms with van der Waals surface area (Å²) in [4.78, 5) is 3.63. The maximum absolute atomic E-state index is 5.52. The van der Waals surface area contributed by atoms with Gasteiger partial charge in [-0.3, -0.25) is 0 Å². The molecule has 1 radical (unpaired) electrons. The fraction of sp³-hybridized carbons (Fsp3) is 0. The van der Waals surface area contributed by atoms with Crippen LogP contribution in [0.25, 0.3) is 0 Å². The van der Waals surface area contributed by atoms with Crippen molar-refractivity contribution in [1.82, 2.24) is 4.98 Å². The summed E-state index contributed by atoms with van der Waals surface area (Å²) < 4.78 is 0. The maximum atomic E-state index is 5.52. The van der Waals surface area contributed by atoms with Gasteiger partial charge < -0.3 is 0 Å². The van der Waals surface area contributed by atoms with Gasteiger partial charge in [-0.05, 0) is 0 Å². The van der Waals surface area contributed by atoms with Crippen LogP contribution in [-0.2, 0) is 0 Å². The van der Waals surface area contributed by atoms with Crippen molar-refractivity contribution in [1.29, 1.82) is 0 Å². The zero-order valence-corrected chi connectivity index (χ0v) is 6.43. The van der Waals surface area contributed by atoms with Crippen molar-refractivity contribution in [3.05, 3.63) is 27.5 Å². The summed E-state index contributed by atoms with van der Waals surface area (Å²) in [5.74, 6) is 0. The molecule has 1 heterocycles. The number of halogens is 3. The van der Waals surface area contributed by atoms with E-state index in [1.165, 1.54) is 6.20 Å². The smallest absolute Gasteiger partial charge is 0.149 e. The SMILES string of the molecule is Clc1[c]cnc(Cl)c1Cl. The Morgan fingerprint density at radius 3 is 2.44 bits per heavy atom. The van der Waals surface area contributed by atoms with Crippen molar-refractivity contribution < 1.29 is 0 Å². The van der Waals surface area contributed by atoms with E-state index in [2.05, 4.69) is 11.1 Å². The van der Waals surface area contributed by atoms with Gasteiger partial charge in [0.25, 0.3) is 0 Å². The van der Waals surface area contributed by atoms with Crippen LogP contribution in [0.3, 0.4) is 0 Å². The number of rotatable bonds is 0. The van der Waals surface area contributed by atoms with Gasteiger partial charge in [0.2, 0.25) is 0 Å². The lowest BCUT2D eigenvalue weighted by molar-refractivity contribution is 1.32. The minimum Gasteiger partial charge on any atom is -0.242 e. The molecule has 0 fully saturated rings. The molecule has 0 saturated heterocycles. The summed E-state index contributed by atoms with van der Waals surface area (Å²) in [6, 6.07) is 2.58. The first-order valence-electron chi connectivity index (χ1n) is 2.09. The molecule has 0 amide bonds. The molecule has 1 aromatic rings. The zero-order chi connectivity index (χ0) is 6.85. The maximum Gasteiger partial charge on any atom is 0.149 e. The van der Waals surface area contributed by atoms with Gasteiger partial charge in [-0.15, -0.1) is 0 Å². The Labute approximate surface area is 67.6 Å². The van der Waals surface area contributed by atoms with Gasteiger partial charge in [-0.25, -0.2) is 4.98 Å². The quantitative estimate of drug-likeness (QED) is 0.561. The minimum atomic E-state index is 0.209. The molecule has 0 spiro atoms. The second kappa shape index (κ2) is 2.74. The van der Waals surface area contributed by atoms with E-state index in [-0.39, 0.29) is 10.2 Å². The van der Waals surface area contributed by atoms with Gasteiger partial charge in [0.1, 0.15) is 5.15 Å². The van der Waals surface area contributed by atoms with Crippen molar-refractivity contribution >= 4 is 34.8 Å². The van der Waals surface area contributed by atoms with Crippen LogP contribution < -0.4 is 0 Å². The summed E-state index contributed by atoms with van der Waals surface area (Å²) in [6.45, 7) is 0. The normalized spacial score (nSPS) is 9.67. The summed E-state index contributed by atoms with van der Waals surface area (Å²) in [7, 11) is 0. The monoisotopic (exact) mass is 180 g/mol. The Kier molecular flexibility index (Phi) is 2.17. The molecular formula is C5HCl3N. The summed E-state index contributed by atoms with van der Waals surface area (Å²) in [6.07, 6.45) is 1.37. The van der Waals surface area contributed by atoms with E-state index >= 15 is 0 Å². The Morgan fingerprint density at radius 1 is 1.33 bits per heavy atom. The summed E-state index contributed by atoms with van der Waals surface area (Å²) >= 11 is 16.5. The molecule has 4 heteroatoms. The minimum absolute atomic E-state index is 0.209. The van der Waals surface area contributed by atoms with Gasteiger partial charge in [0, 0.05) is 12.3 Å². The van der Waals surface area contributed by atoms with Crippen LogP contribution in [0.2, 0.25) is 15.2 Å². The lowest BCUT2D eigenvalue weighted by atomic mass is 10.5. The lowest BCUT2D eigenvalue weighted by Crippen LogP contribution is -1.75. The Morgan fingerprint density at radius 2 is 2.00 bits per heavy atom. The largest absolute Gasteiger partial charge is 0.242 e. The van der Waals surface area contributed by atoms with Crippen molar-refractivity contribution in [2.75, 3.05) is 0 Å². The van der Waals surface area contributed by atoms with Crippen LogP contribution in [0, 0.1) is 6.07 Å². The van der Waals surface area contributed by atoms with E-state index in [1.807, 2.05) is 0 Å². The van der Waals surface area contributed by atoms with E-state index in [4.69, 9.17) is 34.8 Å². The predicted octanol–water partition coefficient (Wildman–Crippen LogP) is 2.84. The van der Waals surface area contributed by atoms with Crippen molar-refractivity contribution in [2.24, 2.45) is 0 Å². The molecule has 0 atom stereocenters. The number of nitrogens with zero attached hydrogens (tertiary/aromatic N) is 1. The average molecular weight is 181 g/mol. The standard InChI is InChI=1S/C5HCl3N/c6-3-1-2-9-5(8)4(3)7/h2H. The van der Waals surface area contributed by atoms with E-state index < -0.39 is 0 Å². The first-order chi connectivity index (χ1) is 4.22. The van der Waals surface area contributed by atoms with E-state index in [0.29, 0.717) is 5.02 Å². The third-order valence-corrected chi connectivity index (χ3v) is 1.89. The van der Waals surface area contributed by atoms with Gasteiger partial charge in [-0.1, -0.05) is 34.8 Å². The summed E-state index contributed by atoms with van der Waals surface area (Å²) in [5, 5.41) is 0.762. The molecule has 0 unspecified atom stereocenters. The number of pyridine rings is 1. The Bertz CT molecular complexity index is 203. The van der Waals surface area contributed by atoms with Gasteiger partial charge >= 0.3 is 0 Å². The topological polar surface area (TPSA) is 12.9 Å². The molecule has 1 aromatic heterocycles. The van der Waals surface area contributed by atoms with Gasteiger partial charge in [-0.2, -0.15) is 0 Å². The molecule has 0 aromatic carbocycles. The van der Waals surface area contributed by atoms with Gasteiger partial charge in [0.05, 0.1) is 10.0 Å². The zero-order valence-electron chi connectivity index (χ0n) is 4.16. The number of hydrogen-bond donors (Lipinski definition) is 0. The number of hydrogen-bond acceptors (Lipinski definition) is 1. The van der Waals surface area contributed by atoms with E-state index in [1.54, 1.807) is 0 Å². The molecule has 0 saturated carbocycles. The first-order valence-corrected chi connectivity index (χ1v) is 3.22. The molecule has 0 aliphatic heterocycles. The molecule has 1 rings (SSSR count). The second-order valence-corrected chi connectivity index (χ2v) is 2.44. The van der Waals surface area contributed by atoms with Crippen LogP contribution in [0.15, 0.2) is 6.20 Å². The van der Waals surface area contributed by atoms with E-state index in [9.17, 15) is 0 Å². The summed E-state index contributed by atoms with van der Waals surface area (Å²) in [5.41, 5.74) is 0. The lowest BCUT2D eigenvalue weighted by Gasteiger charge is -1.92.